The summed E-state index contributed by atoms with van der Waals surface area (Å²) in [6.07, 6.45) is 0.541. The number of anilines is 1. The third kappa shape index (κ3) is 4.70. The van der Waals surface area contributed by atoms with E-state index >= 15 is 0 Å². The lowest BCUT2D eigenvalue weighted by Crippen LogP contribution is -2.60. The molecule has 1 spiro atoms. The Balaban J connectivity index is 1.53. The molecule has 0 aromatic heterocycles. The standard InChI is InChI=1S/C28H33FN4O4/c1-17(2)23(30-24(34)21-16-19(4)8-11-22(21)29)25(35)32-14-12-28(13-15-32)26(36)31(5)27(37)33(28)20-9-6-18(3)7-10-20/h6-11,16-17,23H,12-15H2,1-5H3,(H,30,34)/t23-/m1/s1. The van der Waals surface area contributed by atoms with Crippen molar-refractivity contribution in [3.05, 3.63) is 65.0 Å². The average molecular weight is 509 g/mol. The number of carbonyl (C=O) groups is 4. The molecule has 0 radical (unpaired) electrons. The molecule has 4 rings (SSSR count). The van der Waals surface area contributed by atoms with Crippen LogP contribution in [0.15, 0.2) is 42.5 Å². The van der Waals surface area contributed by atoms with E-state index in [4.69, 9.17) is 0 Å². The van der Waals surface area contributed by atoms with Gasteiger partial charge in [0.1, 0.15) is 17.4 Å². The fourth-order valence-electron chi connectivity index (χ4n) is 5.16. The lowest BCUT2D eigenvalue weighted by molar-refractivity contribution is -0.139. The predicted octanol–water partition coefficient (Wildman–Crippen LogP) is 3.66. The molecule has 0 bridgehead atoms. The highest BCUT2D eigenvalue weighted by molar-refractivity contribution is 6.16. The number of likely N-dealkylation sites (tertiary alicyclic amines) is 1. The summed E-state index contributed by atoms with van der Waals surface area (Å²) in [7, 11) is 1.48. The number of piperidine rings is 1. The Morgan fingerprint density at radius 1 is 0.973 bits per heavy atom. The smallest absolute Gasteiger partial charge is 0.331 e. The largest absolute Gasteiger partial charge is 0.341 e. The van der Waals surface area contributed by atoms with Gasteiger partial charge in [0.2, 0.25) is 5.91 Å². The van der Waals surface area contributed by atoms with Gasteiger partial charge in [0.05, 0.1) is 5.56 Å². The molecule has 196 valence electrons. The SMILES string of the molecule is Cc1ccc(N2C(=O)N(C)C(=O)C23CCN(C(=O)[C@H](NC(=O)c2cc(C)ccc2F)C(C)C)CC3)cc1. The van der Waals surface area contributed by atoms with Crippen molar-refractivity contribution in [3.8, 4) is 0 Å². The summed E-state index contributed by atoms with van der Waals surface area (Å²) in [4.78, 5) is 57.0. The molecule has 1 atom stereocenters. The molecule has 5 amide bonds. The number of nitrogens with one attached hydrogen (secondary N) is 1. The minimum absolute atomic E-state index is 0.108. The van der Waals surface area contributed by atoms with Gasteiger partial charge in [-0.25, -0.2) is 9.18 Å². The predicted molar refractivity (Wildman–Crippen MR) is 138 cm³/mol. The first kappa shape index (κ1) is 26.3. The zero-order valence-corrected chi connectivity index (χ0v) is 21.9. The number of imide groups is 1. The molecular weight excluding hydrogens is 475 g/mol. The van der Waals surface area contributed by atoms with Crippen molar-refractivity contribution in [2.45, 2.75) is 52.1 Å². The van der Waals surface area contributed by atoms with E-state index in [1.165, 1.54) is 19.2 Å². The van der Waals surface area contributed by atoms with Crippen LogP contribution in [0.1, 0.15) is 48.2 Å². The number of nitrogens with zero attached hydrogens (tertiary/aromatic N) is 3. The van der Waals surface area contributed by atoms with Crippen LogP contribution >= 0.6 is 0 Å². The Bertz CT molecular complexity index is 1240. The molecule has 8 nitrogen and oxygen atoms in total. The van der Waals surface area contributed by atoms with Gasteiger partial charge in [0.15, 0.2) is 0 Å². The van der Waals surface area contributed by atoms with Gasteiger partial charge >= 0.3 is 6.03 Å². The molecule has 2 saturated heterocycles. The number of amides is 5. The molecular formula is C28H33FN4O4. The van der Waals surface area contributed by atoms with Crippen molar-refractivity contribution >= 4 is 29.4 Å². The number of hydrogen-bond donors (Lipinski definition) is 1. The molecule has 37 heavy (non-hydrogen) atoms. The van der Waals surface area contributed by atoms with Gasteiger partial charge in [-0.2, -0.15) is 0 Å². The number of carbonyl (C=O) groups excluding carboxylic acids is 4. The van der Waals surface area contributed by atoms with E-state index in [1.807, 2.05) is 45.0 Å². The van der Waals surface area contributed by atoms with Crippen molar-refractivity contribution in [2.24, 2.45) is 5.92 Å². The molecule has 0 saturated carbocycles. The third-order valence-corrected chi connectivity index (χ3v) is 7.39. The van der Waals surface area contributed by atoms with Gasteiger partial charge in [0, 0.05) is 25.8 Å². The molecule has 0 unspecified atom stereocenters. The number of benzene rings is 2. The van der Waals surface area contributed by atoms with Gasteiger partial charge in [0.25, 0.3) is 11.8 Å². The van der Waals surface area contributed by atoms with Gasteiger partial charge in [-0.3, -0.25) is 24.2 Å². The van der Waals surface area contributed by atoms with E-state index in [1.54, 1.807) is 22.8 Å². The fraction of sp³-hybridized carbons (Fsp3) is 0.429. The van der Waals surface area contributed by atoms with Gasteiger partial charge in [-0.15, -0.1) is 0 Å². The normalized spacial score (nSPS) is 18.1. The maximum absolute atomic E-state index is 14.3. The maximum Gasteiger partial charge on any atom is 0.331 e. The summed E-state index contributed by atoms with van der Waals surface area (Å²) < 4.78 is 14.3. The Morgan fingerprint density at radius 3 is 2.16 bits per heavy atom. The zero-order valence-electron chi connectivity index (χ0n) is 21.9. The number of urea groups is 1. The highest BCUT2D eigenvalue weighted by atomic mass is 19.1. The Labute approximate surface area is 216 Å². The van der Waals surface area contributed by atoms with Crippen LogP contribution in [0.3, 0.4) is 0 Å². The third-order valence-electron chi connectivity index (χ3n) is 7.39. The molecule has 2 aliphatic rings. The lowest BCUT2D eigenvalue weighted by Gasteiger charge is -2.43. The van der Waals surface area contributed by atoms with Crippen LogP contribution in [0.2, 0.25) is 0 Å². The lowest BCUT2D eigenvalue weighted by atomic mass is 9.85. The Morgan fingerprint density at radius 2 is 1.57 bits per heavy atom. The molecule has 9 heteroatoms. The molecule has 0 aliphatic carbocycles. The second-order valence-corrected chi connectivity index (χ2v) is 10.4. The van der Waals surface area contributed by atoms with Crippen LogP contribution in [0.25, 0.3) is 0 Å². The summed E-state index contributed by atoms with van der Waals surface area (Å²) >= 11 is 0. The van der Waals surface area contributed by atoms with Crippen molar-refractivity contribution < 1.29 is 23.6 Å². The number of rotatable bonds is 5. The van der Waals surface area contributed by atoms with Crippen LogP contribution in [0, 0.1) is 25.6 Å². The summed E-state index contributed by atoms with van der Waals surface area (Å²) in [5.74, 6) is -2.12. The summed E-state index contributed by atoms with van der Waals surface area (Å²) in [6.45, 7) is 7.82. The molecule has 2 heterocycles. The van der Waals surface area contributed by atoms with Crippen molar-refractivity contribution in [1.29, 1.82) is 0 Å². The summed E-state index contributed by atoms with van der Waals surface area (Å²) in [6, 6.07) is 10.5. The maximum atomic E-state index is 14.3. The van der Waals surface area contributed by atoms with Crippen molar-refractivity contribution in [1.82, 2.24) is 15.1 Å². The van der Waals surface area contributed by atoms with E-state index in [0.717, 1.165) is 16.0 Å². The highest BCUT2D eigenvalue weighted by Gasteiger charge is 2.58. The minimum Gasteiger partial charge on any atom is -0.341 e. The molecule has 2 aromatic rings. The highest BCUT2D eigenvalue weighted by Crippen LogP contribution is 2.40. The van der Waals surface area contributed by atoms with Gasteiger partial charge in [-0.05, 0) is 56.9 Å². The van der Waals surface area contributed by atoms with Gasteiger partial charge in [-0.1, -0.05) is 43.2 Å². The van der Waals surface area contributed by atoms with Crippen LogP contribution in [0.4, 0.5) is 14.9 Å². The van der Waals surface area contributed by atoms with E-state index in [-0.39, 0.29) is 55.3 Å². The quantitative estimate of drug-likeness (QED) is 0.625. The van der Waals surface area contributed by atoms with Crippen LogP contribution < -0.4 is 10.2 Å². The molecule has 2 aromatic carbocycles. The minimum atomic E-state index is -1.07. The van der Waals surface area contributed by atoms with Crippen LogP contribution in [-0.4, -0.2) is 65.3 Å². The second kappa shape index (κ2) is 9.95. The second-order valence-electron chi connectivity index (χ2n) is 10.4. The first-order valence-electron chi connectivity index (χ1n) is 12.5. The number of likely N-dealkylation sites (N-methyl/N-ethyl adjacent to an activating group) is 1. The molecule has 2 aliphatic heterocycles. The number of hydrogen-bond acceptors (Lipinski definition) is 4. The van der Waals surface area contributed by atoms with E-state index in [2.05, 4.69) is 5.32 Å². The first-order valence-corrected chi connectivity index (χ1v) is 12.5. The van der Waals surface area contributed by atoms with Crippen molar-refractivity contribution in [3.63, 3.8) is 0 Å². The van der Waals surface area contributed by atoms with Crippen LogP contribution in [-0.2, 0) is 9.59 Å². The Kier molecular flexibility index (Phi) is 7.08. The van der Waals surface area contributed by atoms with Crippen LogP contribution in [0.5, 0.6) is 0 Å². The van der Waals surface area contributed by atoms with Gasteiger partial charge < -0.3 is 10.2 Å². The van der Waals surface area contributed by atoms with Crippen molar-refractivity contribution in [2.75, 3.05) is 25.0 Å². The number of halogens is 1. The number of aryl methyl sites for hydroxylation is 2. The monoisotopic (exact) mass is 508 g/mol. The zero-order chi connectivity index (χ0) is 27.1. The van der Waals surface area contributed by atoms with E-state index in [9.17, 15) is 23.6 Å². The molecule has 2 fully saturated rings. The van der Waals surface area contributed by atoms with E-state index < -0.39 is 23.3 Å². The topological polar surface area (TPSA) is 90.0 Å². The fourth-order valence-corrected chi connectivity index (χ4v) is 5.16. The summed E-state index contributed by atoms with van der Waals surface area (Å²) in [5.41, 5.74) is 1.23. The average Bonchev–Trinajstić information content (AvgIpc) is 3.05. The summed E-state index contributed by atoms with van der Waals surface area (Å²) in [5, 5.41) is 2.71. The molecule has 1 N–H and O–H groups in total. The van der Waals surface area contributed by atoms with E-state index in [0.29, 0.717) is 5.69 Å². The first-order chi connectivity index (χ1) is 17.5. The Hall–Kier alpha value is -3.75.